The molecule has 0 aromatic carbocycles. The van der Waals surface area contributed by atoms with Gasteiger partial charge in [-0.3, -0.25) is 4.79 Å². The van der Waals surface area contributed by atoms with Crippen molar-refractivity contribution in [3.05, 3.63) is 36.2 Å². The van der Waals surface area contributed by atoms with Crippen LogP contribution in [0, 0.1) is 5.92 Å². The average Bonchev–Trinajstić information content (AvgIpc) is 2.93. The van der Waals surface area contributed by atoms with Gasteiger partial charge in [0.2, 0.25) is 5.91 Å². The third kappa shape index (κ3) is 3.51. The van der Waals surface area contributed by atoms with Crippen molar-refractivity contribution in [2.24, 2.45) is 5.92 Å². The SMILES string of the molecule is O=C(Cc1cc(C2CC2)on1)N[C@@H]1CC(Cn2ccnc2)C[C@H]1O. The second-order valence-corrected chi connectivity index (χ2v) is 7.01. The fraction of sp³-hybridized carbons (Fsp3) is 0.588. The van der Waals surface area contributed by atoms with Crippen molar-refractivity contribution in [2.75, 3.05) is 0 Å². The molecule has 1 unspecified atom stereocenters. The third-order valence-corrected chi connectivity index (χ3v) is 4.90. The summed E-state index contributed by atoms with van der Waals surface area (Å²) in [6, 6.07) is 1.69. The van der Waals surface area contributed by atoms with E-state index in [1.807, 2.05) is 16.8 Å². The molecule has 0 bridgehead atoms. The summed E-state index contributed by atoms with van der Waals surface area (Å²) >= 11 is 0. The zero-order valence-electron chi connectivity index (χ0n) is 13.5. The highest BCUT2D eigenvalue weighted by Crippen LogP contribution is 2.40. The van der Waals surface area contributed by atoms with Gasteiger partial charge in [-0.1, -0.05) is 5.16 Å². The van der Waals surface area contributed by atoms with E-state index in [9.17, 15) is 9.90 Å². The number of imidazole rings is 1. The summed E-state index contributed by atoms with van der Waals surface area (Å²) in [5, 5.41) is 17.1. The molecule has 2 aliphatic carbocycles. The Morgan fingerprint density at radius 2 is 2.29 bits per heavy atom. The molecule has 7 nitrogen and oxygen atoms in total. The van der Waals surface area contributed by atoms with Gasteiger partial charge in [0.05, 0.1) is 30.6 Å². The van der Waals surface area contributed by atoms with Gasteiger partial charge in [-0.15, -0.1) is 0 Å². The van der Waals surface area contributed by atoms with Crippen LogP contribution in [0.1, 0.15) is 43.1 Å². The summed E-state index contributed by atoms with van der Waals surface area (Å²) < 4.78 is 7.28. The maximum atomic E-state index is 12.2. The Morgan fingerprint density at radius 1 is 1.42 bits per heavy atom. The fourth-order valence-electron chi connectivity index (χ4n) is 3.51. The number of hydrogen-bond donors (Lipinski definition) is 2. The standard InChI is InChI=1S/C17H22N4O3/c22-15-6-11(9-21-4-3-18-10-21)5-14(15)19-17(23)8-13-7-16(24-20-13)12-1-2-12/h3-4,7,10-12,14-15,22H,1-2,5-6,8-9H2,(H,19,23)/t11?,14-,15-/m1/s1. The first-order valence-electron chi connectivity index (χ1n) is 8.56. The van der Waals surface area contributed by atoms with Crippen molar-refractivity contribution in [1.82, 2.24) is 20.0 Å². The Bertz CT molecular complexity index is 693. The largest absolute Gasteiger partial charge is 0.391 e. The van der Waals surface area contributed by atoms with Gasteiger partial charge in [-0.2, -0.15) is 0 Å². The quantitative estimate of drug-likeness (QED) is 0.831. The van der Waals surface area contributed by atoms with E-state index in [2.05, 4.69) is 15.5 Å². The van der Waals surface area contributed by atoms with Gasteiger partial charge in [0, 0.05) is 30.9 Å². The number of aromatic nitrogens is 3. The van der Waals surface area contributed by atoms with Gasteiger partial charge in [-0.25, -0.2) is 4.98 Å². The summed E-state index contributed by atoms with van der Waals surface area (Å²) in [5.74, 6) is 1.61. The topological polar surface area (TPSA) is 93.2 Å². The van der Waals surface area contributed by atoms with Crippen molar-refractivity contribution in [3.63, 3.8) is 0 Å². The Morgan fingerprint density at radius 3 is 3.04 bits per heavy atom. The minimum atomic E-state index is -0.498. The Hall–Kier alpha value is -2.15. The molecule has 4 rings (SSSR count). The van der Waals surface area contributed by atoms with Crippen LogP contribution in [0.5, 0.6) is 0 Å². The molecule has 0 aliphatic heterocycles. The fourth-order valence-corrected chi connectivity index (χ4v) is 3.51. The number of carbonyl (C=O) groups is 1. The Kier molecular flexibility index (Phi) is 4.10. The van der Waals surface area contributed by atoms with Gasteiger partial charge in [0.1, 0.15) is 5.76 Å². The van der Waals surface area contributed by atoms with Gasteiger partial charge >= 0.3 is 0 Å². The number of aliphatic hydroxyl groups excluding tert-OH is 1. The molecule has 0 spiro atoms. The summed E-state index contributed by atoms with van der Waals surface area (Å²) in [6.07, 6.45) is 8.91. The summed E-state index contributed by atoms with van der Waals surface area (Å²) in [6.45, 7) is 0.817. The summed E-state index contributed by atoms with van der Waals surface area (Å²) in [7, 11) is 0. The predicted molar refractivity (Wildman–Crippen MR) is 85.1 cm³/mol. The van der Waals surface area contributed by atoms with Crippen LogP contribution >= 0.6 is 0 Å². The van der Waals surface area contributed by atoms with E-state index in [4.69, 9.17) is 4.52 Å². The van der Waals surface area contributed by atoms with E-state index in [0.29, 0.717) is 24.0 Å². The maximum absolute atomic E-state index is 12.2. The molecular weight excluding hydrogens is 308 g/mol. The normalized spacial score (nSPS) is 26.6. The molecule has 2 fully saturated rings. The predicted octanol–water partition coefficient (Wildman–Crippen LogP) is 1.25. The van der Waals surface area contributed by atoms with Crippen molar-refractivity contribution in [1.29, 1.82) is 0 Å². The number of aliphatic hydroxyl groups is 1. The molecule has 2 saturated carbocycles. The molecule has 2 N–H and O–H groups in total. The number of rotatable bonds is 6. The van der Waals surface area contributed by atoms with Crippen LogP contribution in [0.2, 0.25) is 0 Å². The first-order valence-corrected chi connectivity index (χ1v) is 8.56. The first-order chi connectivity index (χ1) is 11.7. The third-order valence-electron chi connectivity index (χ3n) is 4.90. The van der Waals surface area contributed by atoms with Crippen LogP contribution in [0.4, 0.5) is 0 Å². The van der Waals surface area contributed by atoms with Gasteiger partial charge < -0.3 is 19.5 Å². The van der Waals surface area contributed by atoms with Crippen molar-refractivity contribution >= 4 is 5.91 Å². The van der Waals surface area contributed by atoms with Crippen LogP contribution in [-0.2, 0) is 17.8 Å². The van der Waals surface area contributed by atoms with Crippen LogP contribution in [0.3, 0.4) is 0 Å². The highest BCUT2D eigenvalue weighted by Gasteiger charge is 2.34. The Balaban J connectivity index is 1.28. The Labute approximate surface area is 140 Å². The van der Waals surface area contributed by atoms with Gasteiger partial charge in [0.25, 0.3) is 0 Å². The molecule has 24 heavy (non-hydrogen) atoms. The molecule has 128 valence electrons. The van der Waals surface area contributed by atoms with Gasteiger partial charge in [-0.05, 0) is 31.6 Å². The maximum Gasteiger partial charge on any atom is 0.226 e. The number of nitrogens with one attached hydrogen (secondary N) is 1. The van der Waals surface area contributed by atoms with E-state index in [1.165, 1.54) is 0 Å². The second kappa shape index (κ2) is 6.39. The molecule has 2 heterocycles. The zero-order valence-corrected chi connectivity index (χ0v) is 13.5. The van der Waals surface area contributed by atoms with Crippen LogP contribution in [0.15, 0.2) is 29.3 Å². The number of amides is 1. The lowest BCUT2D eigenvalue weighted by Gasteiger charge is -2.16. The average molecular weight is 330 g/mol. The van der Waals surface area contributed by atoms with Crippen LogP contribution in [-0.4, -0.2) is 37.9 Å². The van der Waals surface area contributed by atoms with E-state index in [-0.39, 0.29) is 18.4 Å². The highest BCUT2D eigenvalue weighted by atomic mass is 16.5. The van der Waals surface area contributed by atoms with E-state index in [1.54, 1.807) is 12.5 Å². The molecule has 7 heteroatoms. The molecular formula is C17H22N4O3. The lowest BCUT2D eigenvalue weighted by Crippen LogP contribution is -2.40. The number of hydrogen-bond acceptors (Lipinski definition) is 5. The lowest BCUT2D eigenvalue weighted by atomic mass is 10.1. The molecule has 0 saturated heterocycles. The van der Waals surface area contributed by atoms with Crippen molar-refractivity contribution in [3.8, 4) is 0 Å². The van der Waals surface area contributed by atoms with Crippen molar-refractivity contribution < 1.29 is 14.4 Å². The van der Waals surface area contributed by atoms with E-state index >= 15 is 0 Å². The molecule has 3 atom stereocenters. The minimum Gasteiger partial charge on any atom is -0.391 e. The van der Waals surface area contributed by atoms with E-state index < -0.39 is 6.10 Å². The second-order valence-electron chi connectivity index (χ2n) is 7.01. The van der Waals surface area contributed by atoms with E-state index in [0.717, 1.165) is 31.6 Å². The number of carbonyl (C=O) groups excluding carboxylic acids is 1. The highest BCUT2D eigenvalue weighted by molar-refractivity contribution is 5.78. The number of nitrogens with zero attached hydrogens (tertiary/aromatic N) is 3. The minimum absolute atomic E-state index is 0.113. The van der Waals surface area contributed by atoms with Crippen LogP contribution < -0.4 is 5.32 Å². The summed E-state index contributed by atoms with van der Waals surface area (Å²) in [5.41, 5.74) is 0.664. The summed E-state index contributed by atoms with van der Waals surface area (Å²) in [4.78, 5) is 16.2. The lowest BCUT2D eigenvalue weighted by molar-refractivity contribution is -0.121. The van der Waals surface area contributed by atoms with Crippen molar-refractivity contribution in [2.45, 2.75) is 56.7 Å². The molecule has 2 aliphatic rings. The van der Waals surface area contributed by atoms with Gasteiger partial charge in [0.15, 0.2) is 0 Å². The molecule has 1 amide bonds. The molecule has 0 radical (unpaired) electrons. The molecule has 2 aromatic heterocycles. The first kappa shape index (κ1) is 15.4. The molecule has 2 aromatic rings. The zero-order chi connectivity index (χ0) is 16.5. The van der Waals surface area contributed by atoms with Crippen LogP contribution in [0.25, 0.3) is 0 Å². The smallest absolute Gasteiger partial charge is 0.226 e. The monoisotopic (exact) mass is 330 g/mol.